The number of ether oxygens (including phenoxy) is 1. The fraction of sp³-hybridized carbons (Fsp3) is 0.294. The first kappa shape index (κ1) is 30.4. The third-order valence-electron chi connectivity index (χ3n) is 7.28. The summed E-state index contributed by atoms with van der Waals surface area (Å²) >= 11 is 0. The van der Waals surface area contributed by atoms with E-state index in [0.29, 0.717) is 12.2 Å². The number of aromatic nitrogens is 1. The number of fused-ring (bicyclic) bond motifs is 1. The van der Waals surface area contributed by atoms with E-state index in [1.54, 1.807) is 13.2 Å². The summed E-state index contributed by atoms with van der Waals surface area (Å²) in [5.41, 5.74) is 11.7. The number of Topliss-reactive ketones (excluding diaryl/α,β-unsaturated/α-hetero) is 1. The monoisotopic (exact) mass is 566 g/mol. The minimum Gasteiger partial charge on any atom is -0.483 e. The fourth-order valence-corrected chi connectivity index (χ4v) is 5.12. The largest absolute Gasteiger partial charge is 0.483 e. The quantitative estimate of drug-likeness (QED) is 0.256. The van der Waals surface area contributed by atoms with E-state index in [1.807, 2.05) is 42.6 Å². The Morgan fingerprint density at radius 1 is 0.976 bits per heavy atom. The number of nitrogens with zero attached hydrogens (tertiary/aromatic N) is 1. The molecule has 1 aliphatic rings. The second-order valence-electron chi connectivity index (χ2n) is 10.2. The zero-order valence-electron chi connectivity index (χ0n) is 24.2. The van der Waals surface area contributed by atoms with Gasteiger partial charge in [0.2, 0.25) is 5.91 Å². The highest BCUT2D eigenvalue weighted by molar-refractivity contribution is 5.85. The molecule has 218 valence electrons. The van der Waals surface area contributed by atoms with Crippen molar-refractivity contribution < 1.29 is 19.1 Å². The molecule has 2 aromatic carbocycles. The Kier molecular flexibility index (Phi) is 11.2. The van der Waals surface area contributed by atoms with Crippen molar-refractivity contribution in [2.45, 2.75) is 51.5 Å². The highest BCUT2D eigenvalue weighted by atomic mass is 16.5. The second-order valence-corrected chi connectivity index (χ2v) is 10.2. The van der Waals surface area contributed by atoms with Crippen molar-refractivity contribution in [1.82, 2.24) is 21.2 Å². The minimum absolute atomic E-state index is 0.0370. The smallest absolute Gasteiger partial charge is 0.276 e. The lowest BCUT2D eigenvalue weighted by Crippen LogP contribution is -2.44. The number of carbonyl (C=O) groups is 3. The highest BCUT2D eigenvalue weighted by Gasteiger charge is 2.18. The number of rotatable bonds is 13. The summed E-state index contributed by atoms with van der Waals surface area (Å²) in [7, 11) is 1.67. The van der Waals surface area contributed by atoms with E-state index < -0.39 is 5.91 Å². The number of allylic oxidation sites excluding steroid dienone is 3. The number of pyridine rings is 1. The van der Waals surface area contributed by atoms with Crippen LogP contribution in [0.25, 0.3) is 11.1 Å². The van der Waals surface area contributed by atoms with Gasteiger partial charge in [-0.05, 0) is 80.5 Å². The van der Waals surface area contributed by atoms with Gasteiger partial charge < -0.3 is 10.1 Å². The summed E-state index contributed by atoms with van der Waals surface area (Å²) in [6.45, 7) is 1.25. The predicted octanol–water partition coefficient (Wildman–Crippen LogP) is 4.81. The van der Waals surface area contributed by atoms with Gasteiger partial charge in [-0.25, -0.2) is 0 Å². The molecule has 1 aromatic heterocycles. The molecule has 4 rings (SSSR count). The topological polar surface area (TPSA) is 109 Å². The molecule has 8 nitrogen and oxygen atoms in total. The number of amides is 2. The molecule has 3 N–H and O–H groups in total. The highest BCUT2D eigenvalue weighted by Crippen LogP contribution is 2.35. The van der Waals surface area contributed by atoms with E-state index in [4.69, 9.17) is 4.74 Å². The van der Waals surface area contributed by atoms with Gasteiger partial charge in [-0.15, -0.1) is 0 Å². The molecule has 0 bridgehead atoms. The number of hydrazine groups is 1. The molecule has 1 unspecified atom stereocenters. The number of hydrogen-bond donors (Lipinski definition) is 3. The zero-order valence-corrected chi connectivity index (χ0v) is 24.2. The van der Waals surface area contributed by atoms with Gasteiger partial charge in [0.25, 0.3) is 5.91 Å². The lowest BCUT2D eigenvalue weighted by molar-refractivity contribution is -0.130. The normalized spacial score (nSPS) is 13.4. The van der Waals surface area contributed by atoms with Gasteiger partial charge >= 0.3 is 0 Å². The van der Waals surface area contributed by atoms with Crippen LogP contribution in [0, 0.1) is 0 Å². The van der Waals surface area contributed by atoms with E-state index in [0.717, 1.165) is 53.5 Å². The van der Waals surface area contributed by atoms with E-state index in [1.165, 1.54) is 12.5 Å². The van der Waals surface area contributed by atoms with Crippen LogP contribution in [-0.4, -0.2) is 42.3 Å². The average Bonchev–Trinajstić information content (AvgIpc) is 3.02. The number of likely N-dealkylation sites (N-methyl/N-ethyl adjacent to an activating group) is 1. The molecule has 1 atom stereocenters. The molecule has 42 heavy (non-hydrogen) atoms. The molecule has 2 amide bonds. The summed E-state index contributed by atoms with van der Waals surface area (Å²) < 4.78 is 5.89. The Balaban J connectivity index is 1.34. The number of benzene rings is 2. The summed E-state index contributed by atoms with van der Waals surface area (Å²) in [5, 5.41) is 2.87. The minimum atomic E-state index is -0.460. The van der Waals surface area contributed by atoms with Crippen molar-refractivity contribution in [3.63, 3.8) is 0 Å². The number of nitrogens with one attached hydrogen (secondary N) is 3. The molecule has 0 aliphatic heterocycles. The maximum atomic E-state index is 12.4. The van der Waals surface area contributed by atoms with Crippen molar-refractivity contribution in [3.8, 4) is 5.75 Å². The molecule has 1 heterocycles. The van der Waals surface area contributed by atoms with Crippen molar-refractivity contribution in [1.29, 1.82) is 0 Å². The Hall–Kier alpha value is -4.56. The molecule has 0 fully saturated rings. The SMILES string of the molecule is CNC(CCC(=O)NNC(=O)COc1cccc2c1CCC=C2CC/C=C(\c1ccccc1)c1cccnc1)C(C)=O. The van der Waals surface area contributed by atoms with Gasteiger partial charge in [0.1, 0.15) is 11.5 Å². The lowest BCUT2D eigenvalue weighted by atomic mass is 9.87. The average molecular weight is 567 g/mol. The van der Waals surface area contributed by atoms with Crippen LogP contribution in [0.1, 0.15) is 61.3 Å². The molecule has 1 aliphatic carbocycles. The van der Waals surface area contributed by atoms with Gasteiger partial charge in [-0.2, -0.15) is 0 Å². The van der Waals surface area contributed by atoms with Gasteiger partial charge in [-0.1, -0.05) is 60.7 Å². The van der Waals surface area contributed by atoms with Crippen LogP contribution in [0.15, 0.2) is 85.2 Å². The molecule has 0 saturated carbocycles. The Bertz CT molecular complexity index is 1390. The van der Waals surface area contributed by atoms with Gasteiger partial charge in [-0.3, -0.25) is 30.2 Å². The summed E-state index contributed by atoms with van der Waals surface area (Å²) in [4.78, 5) is 40.2. The molecule has 0 saturated heterocycles. The molecular formula is C34H38N4O4. The molecule has 3 aromatic rings. The Labute approximate surface area is 247 Å². The third kappa shape index (κ3) is 8.47. The zero-order chi connectivity index (χ0) is 29.7. The summed E-state index contributed by atoms with van der Waals surface area (Å²) in [6.07, 6.45) is 12.2. The second kappa shape index (κ2) is 15.4. The van der Waals surface area contributed by atoms with Crippen molar-refractivity contribution >= 4 is 28.7 Å². The molecule has 0 radical (unpaired) electrons. The van der Waals surface area contributed by atoms with Crippen molar-refractivity contribution in [3.05, 3.63) is 107 Å². The predicted molar refractivity (Wildman–Crippen MR) is 164 cm³/mol. The maximum Gasteiger partial charge on any atom is 0.276 e. The van der Waals surface area contributed by atoms with E-state index in [9.17, 15) is 14.4 Å². The number of carbonyl (C=O) groups excluding carboxylic acids is 3. The molecular weight excluding hydrogens is 528 g/mol. The van der Waals surface area contributed by atoms with Crippen molar-refractivity contribution in [2.24, 2.45) is 0 Å². The van der Waals surface area contributed by atoms with E-state index in [-0.39, 0.29) is 30.8 Å². The Morgan fingerprint density at radius 2 is 1.76 bits per heavy atom. The van der Waals surface area contributed by atoms with Gasteiger partial charge in [0.15, 0.2) is 6.61 Å². The van der Waals surface area contributed by atoms with Crippen LogP contribution in [0.5, 0.6) is 5.75 Å². The van der Waals surface area contributed by atoms with Crippen LogP contribution in [-0.2, 0) is 20.8 Å². The first-order chi connectivity index (χ1) is 20.5. The fourth-order valence-electron chi connectivity index (χ4n) is 5.12. The van der Waals surface area contributed by atoms with Gasteiger partial charge in [0, 0.05) is 29.9 Å². The van der Waals surface area contributed by atoms with E-state index in [2.05, 4.69) is 57.6 Å². The first-order valence-corrected chi connectivity index (χ1v) is 14.3. The number of hydrogen-bond acceptors (Lipinski definition) is 6. The molecule has 8 heteroatoms. The third-order valence-corrected chi connectivity index (χ3v) is 7.28. The van der Waals surface area contributed by atoms with Crippen LogP contribution in [0.2, 0.25) is 0 Å². The van der Waals surface area contributed by atoms with E-state index >= 15 is 0 Å². The Morgan fingerprint density at radius 3 is 2.50 bits per heavy atom. The van der Waals surface area contributed by atoms with Gasteiger partial charge in [0.05, 0.1) is 6.04 Å². The van der Waals surface area contributed by atoms with Crippen LogP contribution in [0.4, 0.5) is 0 Å². The first-order valence-electron chi connectivity index (χ1n) is 14.3. The van der Waals surface area contributed by atoms with Crippen LogP contribution < -0.4 is 20.9 Å². The van der Waals surface area contributed by atoms with Crippen molar-refractivity contribution in [2.75, 3.05) is 13.7 Å². The lowest BCUT2D eigenvalue weighted by Gasteiger charge is -2.21. The summed E-state index contributed by atoms with van der Waals surface area (Å²) in [5.74, 6) is -0.193. The van der Waals surface area contributed by atoms with Crippen LogP contribution >= 0.6 is 0 Å². The van der Waals surface area contributed by atoms with Crippen LogP contribution in [0.3, 0.4) is 0 Å². The summed E-state index contributed by atoms with van der Waals surface area (Å²) in [6, 6.07) is 19.9. The molecule has 0 spiro atoms. The standard InChI is InChI=1S/C34H38N4O4/c1-24(39)31(35-2)19-20-33(40)37-38-34(41)23-42-32-18-8-16-29-26(13-7-17-30(29)32)12-6-15-28(25-10-4-3-5-11-25)27-14-9-21-36-22-27/h3-5,8-11,13-16,18,21-22,31,35H,6-7,12,17,19-20,23H2,1-2H3,(H,37,40)(H,38,41)/b28-15+. The number of ketones is 1. The maximum absolute atomic E-state index is 12.4.